The predicted octanol–water partition coefficient (Wildman–Crippen LogP) is 14.4. The van der Waals surface area contributed by atoms with Crippen molar-refractivity contribution in [2.75, 3.05) is 0 Å². The molecule has 0 aliphatic carbocycles. The summed E-state index contributed by atoms with van der Waals surface area (Å²) in [5, 5.41) is 13.5. The van der Waals surface area contributed by atoms with Crippen LogP contribution in [0.5, 0.6) is 0 Å². The zero-order valence-electron chi connectivity index (χ0n) is 41.8. The van der Waals surface area contributed by atoms with E-state index in [0.29, 0.717) is 0 Å². The molecular weight excluding hydrogens is 1150 g/mol. The van der Waals surface area contributed by atoms with Crippen LogP contribution >= 0.6 is 52.5 Å². The van der Waals surface area contributed by atoms with Crippen LogP contribution in [0.15, 0.2) is 218 Å². The van der Waals surface area contributed by atoms with Crippen molar-refractivity contribution in [1.82, 2.24) is 0 Å². The summed E-state index contributed by atoms with van der Waals surface area (Å²) >= 11 is -1.92. The fourth-order valence-corrected chi connectivity index (χ4v) is 18.3. The Kier molecular flexibility index (Phi) is 21.7. The second-order valence-corrected chi connectivity index (χ2v) is 35.1. The van der Waals surface area contributed by atoms with Gasteiger partial charge in [0.05, 0.1) is 23.8 Å². The summed E-state index contributed by atoms with van der Waals surface area (Å²) in [6.07, 6.45) is 0. The van der Waals surface area contributed by atoms with Crippen molar-refractivity contribution in [3.05, 3.63) is 268 Å². The van der Waals surface area contributed by atoms with E-state index in [1.165, 1.54) is 97.8 Å². The van der Waals surface area contributed by atoms with Gasteiger partial charge in [-0.05, 0) is 167 Å². The Balaban J connectivity index is 0.000000166. The molecule has 0 unspecified atom stereocenters. The van der Waals surface area contributed by atoms with Crippen molar-refractivity contribution in [1.29, 1.82) is 0 Å². The maximum absolute atomic E-state index is 4.97. The van der Waals surface area contributed by atoms with Crippen LogP contribution in [0.25, 0.3) is 0 Å². The third-order valence-electron chi connectivity index (χ3n) is 12.7. The molecule has 0 aliphatic rings. The number of aryl methyl sites for hydroxylation is 9. The number of rotatable bonds is 9. The SMILES string of the molecule is Cc1ccccc1[PH+](c1ccccc1C)c1ccccc1C.Cc1ccccc1[PH+](c1ccccc1C)c1ccccc1C.Cc1ccccc1[PH+](c1ccccc1C)c1ccccc1C.[Cl][Ir]([Cl])[Cl]. The van der Waals surface area contributed by atoms with Gasteiger partial charge in [-0.1, -0.05) is 164 Å². The molecule has 7 heteroatoms. The molecule has 360 valence electrons. The first-order chi connectivity index (χ1) is 33.8. The molecule has 0 aliphatic heterocycles. The van der Waals surface area contributed by atoms with Gasteiger partial charge >= 0.3 is 42.2 Å². The molecule has 0 fully saturated rings. The van der Waals surface area contributed by atoms with Gasteiger partial charge in [0.15, 0.2) is 0 Å². The Morgan fingerprint density at radius 3 is 0.371 bits per heavy atom. The van der Waals surface area contributed by atoms with E-state index in [9.17, 15) is 0 Å². The molecule has 0 atom stereocenters. The van der Waals surface area contributed by atoms with E-state index in [0.717, 1.165) is 0 Å². The Bertz CT molecular complexity index is 2440. The molecule has 0 saturated heterocycles. The number of halogens is 3. The van der Waals surface area contributed by atoms with E-state index in [1.54, 1.807) is 0 Å². The summed E-state index contributed by atoms with van der Waals surface area (Å²) < 4.78 is 0. The molecule has 0 spiro atoms. The minimum absolute atomic E-state index is 0.968. The second-order valence-electron chi connectivity index (χ2n) is 17.6. The quantitative estimate of drug-likeness (QED) is 0.126. The van der Waals surface area contributed by atoms with Crippen LogP contribution in [0.2, 0.25) is 0 Å². The van der Waals surface area contributed by atoms with Crippen LogP contribution in [0, 0.1) is 62.3 Å². The zero-order valence-corrected chi connectivity index (χ0v) is 49.4. The second kappa shape index (κ2) is 27.6. The van der Waals surface area contributed by atoms with Gasteiger partial charge in [-0.15, -0.1) is 0 Å². The average Bonchev–Trinajstić information content (AvgIpc) is 3.35. The summed E-state index contributed by atoms with van der Waals surface area (Å²) in [6.45, 7) is 20.1. The molecule has 70 heavy (non-hydrogen) atoms. The monoisotopic (exact) mass is 1210 g/mol. The van der Waals surface area contributed by atoms with Crippen molar-refractivity contribution >= 4 is 100 Å². The van der Waals surface area contributed by atoms with Crippen molar-refractivity contribution in [2.45, 2.75) is 62.3 Å². The zero-order chi connectivity index (χ0) is 50.2. The Morgan fingerprint density at radius 2 is 0.286 bits per heavy atom. The van der Waals surface area contributed by atoms with Gasteiger partial charge in [0.1, 0.15) is 47.7 Å². The summed E-state index contributed by atoms with van der Waals surface area (Å²) in [6, 6.07) is 79.6. The first-order valence-corrected chi connectivity index (χ1v) is 37.0. The molecule has 0 amide bonds. The maximum atomic E-state index is 4.97. The predicted molar refractivity (Wildman–Crippen MR) is 320 cm³/mol. The molecule has 0 radical (unpaired) electrons. The van der Waals surface area contributed by atoms with Gasteiger partial charge < -0.3 is 0 Å². The fourth-order valence-electron chi connectivity index (χ4n) is 8.99. The van der Waals surface area contributed by atoms with E-state index in [-0.39, 0.29) is 0 Å². The van der Waals surface area contributed by atoms with E-state index in [2.05, 4.69) is 281 Å². The van der Waals surface area contributed by atoms with Gasteiger partial charge in [-0.2, -0.15) is 0 Å². The molecule has 0 nitrogen and oxygen atoms in total. The first kappa shape index (κ1) is 55.1. The van der Waals surface area contributed by atoms with E-state index < -0.39 is 37.2 Å². The first-order valence-electron chi connectivity index (χ1n) is 23.6. The Morgan fingerprint density at radius 1 is 0.200 bits per heavy atom. The summed E-state index contributed by atoms with van der Waals surface area (Å²) in [7, 11) is 12.0. The van der Waals surface area contributed by atoms with Gasteiger partial charge in [-0.25, -0.2) is 0 Å². The normalized spacial score (nSPS) is 10.9. The Hall–Kier alpha value is -4.21. The van der Waals surface area contributed by atoms with Crippen LogP contribution in [-0.2, 0) is 13.5 Å². The average molecular weight is 1210 g/mol. The molecule has 0 saturated carbocycles. The van der Waals surface area contributed by atoms with Crippen LogP contribution < -0.4 is 47.7 Å². The van der Waals surface area contributed by atoms with E-state index >= 15 is 0 Å². The molecule has 0 aromatic heterocycles. The molecule has 0 heterocycles. The molecule has 9 rings (SSSR count). The summed E-state index contributed by atoms with van der Waals surface area (Å²) in [5.74, 6) is 0. The molecule has 9 aromatic carbocycles. The van der Waals surface area contributed by atoms with Gasteiger partial charge in [0, 0.05) is 0 Å². The van der Waals surface area contributed by atoms with Crippen LogP contribution in [0.1, 0.15) is 50.1 Å². The standard InChI is InChI=1S/3C21H21P.3ClH.Ir/c3*1-16-10-4-7-13-19(16)22(20-14-8-5-11-17(20)2)21-15-9-6-12-18(21)3;;;;/h3*4-15H,1-3H3;3*1H;/q;;;;;;+3. The van der Waals surface area contributed by atoms with Crippen molar-refractivity contribution in [3.63, 3.8) is 0 Å². The van der Waals surface area contributed by atoms with Crippen LogP contribution in [0.3, 0.4) is 0 Å². The molecule has 0 N–H and O–H groups in total. The Labute approximate surface area is 441 Å². The van der Waals surface area contributed by atoms with Crippen molar-refractivity contribution in [3.8, 4) is 0 Å². The number of hydrogen-bond donors (Lipinski definition) is 0. The number of benzene rings is 9. The minimum atomic E-state index is -1.92. The molecule has 9 aromatic rings. The van der Waals surface area contributed by atoms with Gasteiger partial charge in [-0.3, -0.25) is 0 Å². The summed E-state index contributed by atoms with van der Waals surface area (Å²) in [4.78, 5) is 0. The third-order valence-corrected chi connectivity index (χ3v) is 22.6. The fraction of sp³-hybridized carbons (Fsp3) is 0.143. The van der Waals surface area contributed by atoms with Gasteiger partial charge in [0.2, 0.25) is 0 Å². The van der Waals surface area contributed by atoms with Crippen LogP contribution in [0.4, 0.5) is 0 Å². The van der Waals surface area contributed by atoms with E-state index in [4.69, 9.17) is 28.8 Å². The van der Waals surface area contributed by atoms with Crippen molar-refractivity contribution in [2.24, 2.45) is 0 Å². The summed E-state index contributed by atoms with van der Waals surface area (Å²) in [5.41, 5.74) is 12.5. The molecular formula is C63H66Cl3IrP3+3. The van der Waals surface area contributed by atoms with E-state index in [1.807, 2.05) is 0 Å². The van der Waals surface area contributed by atoms with Gasteiger partial charge in [0.25, 0.3) is 0 Å². The molecule has 0 bridgehead atoms. The number of hydrogen-bond acceptors (Lipinski definition) is 0. The van der Waals surface area contributed by atoms with Crippen molar-refractivity contribution < 1.29 is 13.5 Å². The third kappa shape index (κ3) is 14.7. The topological polar surface area (TPSA) is 0 Å². The van der Waals surface area contributed by atoms with Crippen LogP contribution in [-0.4, -0.2) is 0 Å².